The molecule has 3 aromatic rings. The van der Waals surface area contributed by atoms with Crippen molar-refractivity contribution in [3.8, 4) is 5.75 Å². The fourth-order valence-corrected chi connectivity index (χ4v) is 2.87. The molecule has 1 N–H and O–H groups in total. The maximum atomic E-state index is 12.3. The van der Waals surface area contributed by atoms with Crippen molar-refractivity contribution in [1.29, 1.82) is 0 Å². The van der Waals surface area contributed by atoms with Gasteiger partial charge in [0.2, 0.25) is 0 Å². The zero-order valence-corrected chi connectivity index (χ0v) is 16.5. The number of benzene rings is 2. The Morgan fingerprint density at radius 3 is 2.64 bits per heavy atom. The molecule has 1 amide bonds. The van der Waals surface area contributed by atoms with Crippen LogP contribution >= 0.6 is 11.6 Å². The van der Waals surface area contributed by atoms with E-state index in [-0.39, 0.29) is 18.2 Å². The molecule has 7 heteroatoms. The molecular formula is C21H19ClN2O4. The van der Waals surface area contributed by atoms with Gasteiger partial charge in [0.05, 0.1) is 12.6 Å². The number of ether oxygens (including phenoxy) is 2. The van der Waals surface area contributed by atoms with Crippen molar-refractivity contribution in [3.63, 3.8) is 0 Å². The molecule has 3 rings (SSSR count). The molecule has 0 saturated carbocycles. The van der Waals surface area contributed by atoms with Crippen molar-refractivity contribution in [1.82, 2.24) is 4.98 Å². The Morgan fingerprint density at radius 1 is 1.11 bits per heavy atom. The topological polar surface area (TPSA) is 77.5 Å². The Bertz CT molecular complexity index is 1070. The van der Waals surface area contributed by atoms with Gasteiger partial charge in [-0.3, -0.25) is 4.79 Å². The zero-order valence-electron chi connectivity index (χ0n) is 15.7. The molecule has 0 spiro atoms. The maximum absolute atomic E-state index is 12.3. The number of esters is 1. The van der Waals surface area contributed by atoms with Gasteiger partial charge in [-0.2, -0.15) is 0 Å². The number of rotatable bonds is 5. The highest BCUT2D eigenvalue weighted by molar-refractivity contribution is 6.31. The number of aromatic nitrogens is 1. The summed E-state index contributed by atoms with van der Waals surface area (Å²) in [6.07, 6.45) is 0. The number of nitrogens with zero attached hydrogens (tertiary/aromatic N) is 1. The van der Waals surface area contributed by atoms with Gasteiger partial charge in [-0.15, -0.1) is 0 Å². The Labute approximate surface area is 167 Å². The fraction of sp³-hybridized carbons (Fsp3) is 0.190. The summed E-state index contributed by atoms with van der Waals surface area (Å²) < 4.78 is 10.5. The van der Waals surface area contributed by atoms with Crippen LogP contribution in [-0.2, 0) is 9.53 Å². The van der Waals surface area contributed by atoms with E-state index < -0.39 is 5.97 Å². The molecule has 0 atom stereocenters. The number of amides is 1. The summed E-state index contributed by atoms with van der Waals surface area (Å²) in [5, 5.41) is 4.01. The number of carbonyl (C=O) groups excluding carboxylic acids is 2. The molecule has 1 heterocycles. The van der Waals surface area contributed by atoms with Gasteiger partial charge in [0.25, 0.3) is 5.91 Å². The molecule has 0 saturated heterocycles. The first-order valence-electron chi connectivity index (χ1n) is 8.56. The van der Waals surface area contributed by atoms with E-state index in [2.05, 4.69) is 10.3 Å². The molecule has 0 aliphatic heterocycles. The number of fused-ring (bicyclic) bond motifs is 1. The lowest BCUT2D eigenvalue weighted by molar-refractivity contribution is -0.118. The minimum Gasteiger partial charge on any atom is -0.483 e. The van der Waals surface area contributed by atoms with Gasteiger partial charge in [-0.1, -0.05) is 29.3 Å². The van der Waals surface area contributed by atoms with Crippen LogP contribution in [0.5, 0.6) is 5.75 Å². The molecule has 2 aromatic carbocycles. The molecule has 1 aromatic heterocycles. The molecule has 0 aliphatic carbocycles. The first-order chi connectivity index (χ1) is 13.4. The summed E-state index contributed by atoms with van der Waals surface area (Å²) in [5.41, 5.74) is 3.20. The third-order valence-electron chi connectivity index (χ3n) is 4.15. The number of carbonyl (C=O) groups is 2. The number of pyridine rings is 1. The highest BCUT2D eigenvalue weighted by Crippen LogP contribution is 2.27. The van der Waals surface area contributed by atoms with E-state index in [1.165, 1.54) is 13.2 Å². The second kappa shape index (κ2) is 8.27. The molecule has 0 aliphatic rings. The van der Waals surface area contributed by atoms with Gasteiger partial charge in [-0.05, 0) is 43.7 Å². The van der Waals surface area contributed by atoms with E-state index in [9.17, 15) is 9.59 Å². The monoisotopic (exact) mass is 398 g/mol. The first-order valence-corrected chi connectivity index (χ1v) is 8.93. The van der Waals surface area contributed by atoms with Gasteiger partial charge in [0.1, 0.15) is 5.75 Å². The van der Waals surface area contributed by atoms with Crippen LogP contribution in [0.1, 0.15) is 21.6 Å². The van der Waals surface area contributed by atoms with Gasteiger partial charge >= 0.3 is 5.97 Å². The van der Waals surface area contributed by atoms with E-state index >= 15 is 0 Å². The van der Waals surface area contributed by atoms with Crippen molar-refractivity contribution in [3.05, 3.63) is 64.3 Å². The van der Waals surface area contributed by atoms with Crippen molar-refractivity contribution in [2.24, 2.45) is 0 Å². The second-order valence-corrected chi connectivity index (χ2v) is 6.75. The normalized spacial score (nSPS) is 10.6. The predicted molar refractivity (Wildman–Crippen MR) is 108 cm³/mol. The van der Waals surface area contributed by atoms with Gasteiger partial charge in [0.15, 0.2) is 12.3 Å². The lowest BCUT2D eigenvalue weighted by Gasteiger charge is -2.12. The van der Waals surface area contributed by atoms with Crippen molar-refractivity contribution in [2.75, 3.05) is 19.0 Å². The van der Waals surface area contributed by atoms with Crippen molar-refractivity contribution in [2.45, 2.75) is 13.8 Å². The van der Waals surface area contributed by atoms with E-state index in [1.807, 2.05) is 32.0 Å². The average Bonchev–Trinajstić information content (AvgIpc) is 2.68. The Hall–Kier alpha value is -3.12. The number of hydrogen-bond donors (Lipinski definition) is 1. The molecule has 6 nitrogen and oxygen atoms in total. The number of aryl methyl sites for hydroxylation is 2. The van der Waals surface area contributed by atoms with Gasteiger partial charge in [-0.25, -0.2) is 9.78 Å². The van der Waals surface area contributed by atoms with Crippen LogP contribution in [0.2, 0.25) is 5.02 Å². The summed E-state index contributed by atoms with van der Waals surface area (Å²) >= 11 is 5.98. The first kappa shape index (κ1) is 19.6. The maximum Gasteiger partial charge on any atom is 0.356 e. The summed E-state index contributed by atoms with van der Waals surface area (Å²) in [4.78, 5) is 28.5. The number of halogens is 1. The number of methoxy groups -OCH3 is 1. The molecule has 0 radical (unpaired) electrons. The SMILES string of the molecule is COC(=O)c1cc(OCC(=O)Nc2cc(Cl)ccc2C)c2cc(C)ccc2n1. The average molecular weight is 399 g/mol. The molecule has 0 bridgehead atoms. The van der Waals surface area contributed by atoms with Crippen molar-refractivity contribution >= 4 is 40.1 Å². The van der Waals surface area contributed by atoms with E-state index in [0.29, 0.717) is 27.4 Å². The number of nitrogens with one attached hydrogen (secondary N) is 1. The van der Waals surface area contributed by atoms with Gasteiger partial charge in [0, 0.05) is 22.2 Å². The Balaban J connectivity index is 1.84. The third-order valence-corrected chi connectivity index (χ3v) is 4.39. The lowest BCUT2D eigenvalue weighted by Crippen LogP contribution is -2.21. The minimum absolute atomic E-state index is 0.111. The summed E-state index contributed by atoms with van der Waals surface area (Å²) in [6.45, 7) is 3.57. The Morgan fingerprint density at radius 2 is 1.89 bits per heavy atom. The highest BCUT2D eigenvalue weighted by Gasteiger charge is 2.15. The number of hydrogen-bond acceptors (Lipinski definition) is 5. The third kappa shape index (κ3) is 4.40. The van der Waals surface area contributed by atoms with Crippen LogP contribution in [0.3, 0.4) is 0 Å². The fourth-order valence-electron chi connectivity index (χ4n) is 2.70. The zero-order chi connectivity index (χ0) is 20.3. The smallest absolute Gasteiger partial charge is 0.356 e. The van der Waals surface area contributed by atoms with Crippen LogP contribution in [-0.4, -0.2) is 30.6 Å². The molecule has 0 fully saturated rings. The van der Waals surface area contributed by atoms with E-state index in [4.69, 9.17) is 21.1 Å². The molecule has 28 heavy (non-hydrogen) atoms. The van der Waals surface area contributed by atoms with Crippen molar-refractivity contribution < 1.29 is 19.1 Å². The van der Waals surface area contributed by atoms with Crippen LogP contribution in [0, 0.1) is 13.8 Å². The summed E-state index contributed by atoms with van der Waals surface area (Å²) in [7, 11) is 1.28. The van der Waals surface area contributed by atoms with Crippen LogP contribution < -0.4 is 10.1 Å². The lowest BCUT2D eigenvalue weighted by atomic mass is 10.1. The summed E-state index contributed by atoms with van der Waals surface area (Å²) in [6, 6.07) is 12.3. The molecule has 144 valence electrons. The van der Waals surface area contributed by atoms with Crippen LogP contribution in [0.15, 0.2) is 42.5 Å². The summed E-state index contributed by atoms with van der Waals surface area (Å²) in [5.74, 6) is -0.541. The standard InChI is InChI=1S/C21H19ClN2O4/c1-12-4-7-16-15(8-12)19(10-18(23-16)21(26)27-3)28-11-20(25)24-17-9-14(22)6-5-13(17)2/h4-10H,11H2,1-3H3,(H,24,25). The van der Waals surface area contributed by atoms with Crippen LogP contribution in [0.25, 0.3) is 10.9 Å². The van der Waals surface area contributed by atoms with Gasteiger partial charge < -0.3 is 14.8 Å². The number of anilines is 1. The Kier molecular flexibility index (Phi) is 5.80. The second-order valence-electron chi connectivity index (χ2n) is 6.31. The molecule has 0 unspecified atom stereocenters. The molecular weight excluding hydrogens is 380 g/mol. The minimum atomic E-state index is -0.577. The van der Waals surface area contributed by atoms with E-state index in [1.54, 1.807) is 18.2 Å². The highest BCUT2D eigenvalue weighted by atomic mass is 35.5. The van der Waals surface area contributed by atoms with E-state index in [0.717, 1.165) is 11.1 Å². The van der Waals surface area contributed by atoms with Crippen LogP contribution in [0.4, 0.5) is 5.69 Å². The quantitative estimate of drug-likeness (QED) is 0.648. The largest absolute Gasteiger partial charge is 0.483 e. The predicted octanol–water partition coefficient (Wildman–Crippen LogP) is 4.31.